The predicted octanol–water partition coefficient (Wildman–Crippen LogP) is 2.89. The van der Waals surface area contributed by atoms with Gasteiger partial charge in [-0.3, -0.25) is 4.68 Å². The van der Waals surface area contributed by atoms with Crippen LogP contribution < -0.4 is 0 Å². The zero-order valence-corrected chi connectivity index (χ0v) is 11.9. The van der Waals surface area contributed by atoms with Gasteiger partial charge in [0.15, 0.2) is 0 Å². The molecule has 3 nitrogen and oxygen atoms in total. The molecule has 102 valence electrons. The molecule has 1 unspecified atom stereocenters. The maximum absolute atomic E-state index is 10.2. The van der Waals surface area contributed by atoms with E-state index in [1.807, 2.05) is 31.4 Å². The normalized spacial score (nSPS) is 12.9. The van der Waals surface area contributed by atoms with Gasteiger partial charge in [-0.2, -0.15) is 5.10 Å². The van der Waals surface area contributed by atoms with E-state index in [-0.39, 0.29) is 0 Å². The molecule has 0 aliphatic carbocycles. The molecule has 2 aromatic rings. The summed E-state index contributed by atoms with van der Waals surface area (Å²) in [5.74, 6) is 0.657. The van der Waals surface area contributed by atoms with Crippen LogP contribution in [0.4, 0.5) is 0 Å². The topological polar surface area (TPSA) is 38.0 Å². The first-order valence-corrected chi connectivity index (χ1v) is 6.80. The van der Waals surface area contributed by atoms with E-state index in [1.54, 1.807) is 4.68 Å². The average molecular weight is 258 g/mol. The van der Waals surface area contributed by atoms with Gasteiger partial charge in [-0.15, -0.1) is 0 Å². The third-order valence-corrected chi connectivity index (χ3v) is 3.18. The van der Waals surface area contributed by atoms with Crippen LogP contribution in [0, 0.1) is 5.92 Å². The molecule has 0 bridgehead atoms. The van der Waals surface area contributed by atoms with Crippen LogP contribution in [0.15, 0.2) is 36.5 Å². The van der Waals surface area contributed by atoms with Gasteiger partial charge in [-0.05, 0) is 29.5 Å². The first kappa shape index (κ1) is 13.8. The SMILES string of the molecule is CC(C)Cc1ccc(C(O)Cc2ccn(C)n2)cc1. The minimum Gasteiger partial charge on any atom is -0.388 e. The van der Waals surface area contributed by atoms with E-state index >= 15 is 0 Å². The van der Waals surface area contributed by atoms with Gasteiger partial charge in [-0.25, -0.2) is 0 Å². The molecule has 1 N–H and O–H groups in total. The highest BCUT2D eigenvalue weighted by Crippen LogP contribution is 2.19. The third-order valence-electron chi connectivity index (χ3n) is 3.18. The number of hydrogen-bond donors (Lipinski definition) is 1. The van der Waals surface area contributed by atoms with Gasteiger partial charge in [0.1, 0.15) is 0 Å². The molecule has 3 heteroatoms. The number of aryl methyl sites for hydroxylation is 1. The van der Waals surface area contributed by atoms with Crippen LogP contribution in [0.2, 0.25) is 0 Å². The van der Waals surface area contributed by atoms with Crippen molar-refractivity contribution >= 4 is 0 Å². The van der Waals surface area contributed by atoms with Crippen molar-refractivity contribution in [2.24, 2.45) is 13.0 Å². The zero-order valence-electron chi connectivity index (χ0n) is 11.9. The van der Waals surface area contributed by atoms with Gasteiger partial charge < -0.3 is 5.11 Å². The Kier molecular flexibility index (Phi) is 4.38. The summed E-state index contributed by atoms with van der Waals surface area (Å²) in [6.07, 6.45) is 3.05. The molecule has 1 atom stereocenters. The van der Waals surface area contributed by atoms with Crippen molar-refractivity contribution in [3.8, 4) is 0 Å². The van der Waals surface area contributed by atoms with Gasteiger partial charge in [0.25, 0.3) is 0 Å². The van der Waals surface area contributed by atoms with Crippen LogP contribution in [-0.4, -0.2) is 14.9 Å². The van der Waals surface area contributed by atoms with Crippen molar-refractivity contribution in [3.63, 3.8) is 0 Å². The lowest BCUT2D eigenvalue weighted by molar-refractivity contribution is 0.177. The minimum atomic E-state index is -0.483. The smallest absolute Gasteiger partial charge is 0.0846 e. The molecule has 2 rings (SSSR count). The fraction of sp³-hybridized carbons (Fsp3) is 0.438. The van der Waals surface area contributed by atoms with Crippen molar-refractivity contribution in [1.82, 2.24) is 9.78 Å². The maximum atomic E-state index is 10.2. The number of aromatic nitrogens is 2. The summed E-state index contributed by atoms with van der Waals surface area (Å²) in [6, 6.07) is 10.2. The Labute approximate surface area is 114 Å². The van der Waals surface area contributed by atoms with Crippen molar-refractivity contribution in [3.05, 3.63) is 53.3 Å². The van der Waals surface area contributed by atoms with Gasteiger partial charge >= 0.3 is 0 Å². The highest BCUT2D eigenvalue weighted by molar-refractivity contribution is 5.25. The van der Waals surface area contributed by atoms with E-state index in [9.17, 15) is 5.11 Å². The number of benzene rings is 1. The van der Waals surface area contributed by atoms with Crippen LogP contribution in [-0.2, 0) is 19.9 Å². The van der Waals surface area contributed by atoms with E-state index in [0.717, 1.165) is 17.7 Å². The van der Waals surface area contributed by atoms with Gasteiger partial charge in [-0.1, -0.05) is 38.1 Å². The molecule has 1 heterocycles. The van der Waals surface area contributed by atoms with Crippen LogP contribution in [0.25, 0.3) is 0 Å². The van der Waals surface area contributed by atoms with Crippen molar-refractivity contribution in [2.75, 3.05) is 0 Å². The first-order chi connectivity index (χ1) is 9.04. The molecule has 0 spiro atoms. The Morgan fingerprint density at radius 3 is 2.32 bits per heavy atom. The van der Waals surface area contributed by atoms with Crippen molar-refractivity contribution < 1.29 is 5.11 Å². The lowest BCUT2D eigenvalue weighted by Gasteiger charge is -2.11. The molecule has 1 aromatic carbocycles. The van der Waals surface area contributed by atoms with Crippen molar-refractivity contribution in [1.29, 1.82) is 0 Å². The molecular weight excluding hydrogens is 236 g/mol. The van der Waals surface area contributed by atoms with Crippen LogP contribution in [0.1, 0.15) is 36.8 Å². The van der Waals surface area contributed by atoms with Crippen LogP contribution in [0.3, 0.4) is 0 Å². The van der Waals surface area contributed by atoms with Crippen LogP contribution in [0.5, 0.6) is 0 Å². The van der Waals surface area contributed by atoms with Crippen molar-refractivity contribution in [2.45, 2.75) is 32.8 Å². The average Bonchev–Trinajstić information content (AvgIpc) is 2.75. The summed E-state index contributed by atoms with van der Waals surface area (Å²) < 4.78 is 1.76. The Morgan fingerprint density at radius 1 is 1.11 bits per heavy atom. The first-order valence-electron chi connectivity index (χ1n) is 6.80. The molecule has 0 fully saturated rings. The monoisotopic (exact) mass is 258 g/mol. The van der Waals surface area contributed by atoms with Gasteiger partial charge in [0, 0.05) is 19.7 Å². The Bertz CT molecular complexity index is 514. The molecular formula is C16H22N2O. The second kappa shape index (κ2) is 6.02. The molecule has 0 saturated heterocycles. The molecule has 19 heavy (non-hydrogen) atoms. The Morgan fingerprint density at radius 2 is 1.79 bits per heavy atom. The van der Waals surface area contributed by atoms with E-state index < -0.39 is 6.10 Å². The number of hydrogen-bond acceptors (Lipinski definition) is 2. The fourth-order valence-corrected chi connectivity index (χ4v) is 2.24. The van der Waals surface area contributed by atoms with E-state index in [1.165, 1.54) is 5.56 Å². The number of rotatable bonds is 5. The van der Waals surface area contributed by atoms with Gasteiger partial charge in [0.05, 0.1) is 11.8 Å². The van der Waals surface area contributed by atoms with Crippen LogP contribution >= 0.6 is 0 Å². The predicted molar refractivity (Wildman–Crippen MR) is 76.9 cm³/mol. The quantitative estimate of drug-likeness (QED) is 0.895. The summed E-state index contributed by atoms with van der Waals surface area (Å²) >= 11 is 0. The minimum absolute atomic E-state index is 0.483. The summed E-state index contributed by atoms with van der Waals surface area (Å²) in [4.78, 5) is 0. The lowest BCUT2D eigenvalue weighted by atomic mass is 9.99. The summed E-state index contributed by atoms with van der Waals surface area (Å²) in [5, 5.41) is 14.5. The number of nitrogens with zero attached hydrogens (tertiary/aromatic N) is 2. The molecule has 0 aliphatic heterocycles. The molecule has 0 radical (unpaired) electrons. The van der Waals surface area contributed by atoms with E-state index in [0.29, 0.717) is 12.3 Å². The van der Waals surface area contributed by atoms with E-state index in [2.05, 4.69) is 31.1 Å². The maximum Gasteiger partial charge on any atom is 0.0846 e. The second-order valence-electron chi connectivity index (χ2n) is 5.54. The standard InChI is InChI=1S/C16H22N2O/c1-12(2)10-13-4-6-14(7-5-13)16(19)11-15-8-9-18(3)17-15/h4-9,12,16,19H,10-11H2,1-3H3. The third kappa shape index (κ3) is 3.93. The second-order valence-corrected chi connectivity index (χ2v) is 5.54. The molecule has 0 saturated carbocycles. The number of aliphatic hydroxyl groups excluding tert-OH is 1. The largest absolute Gasteiger partial charge is 0.388 e. The van der Waals surface area contributed by atoms with Gasteiger partial charge in [0.2, 0.25) is 0 Å². The Hall–Kier alpha value is -1.61. The molecule has 0 aliphatic rings. The lowest BCUT2D eigenvalue weighted by Crippen LogP contribution is -2.03. The van der Waals surface area contributed by atoms with E-state index in [4.69, 9.17) is 0 Å². The Balaban J connectivity index is 2.01. The molecule has 0 amide bonds. The highest BCUT2D eigenvalue weighted by Gasteiger charge is 2.10. The summed E-state index contributed by atoms with van der Waals surface area (Å²) in [5.41, 5.74) is 3.20. The number of aliphatic hydroxyl groups is 1. The summed E-state index contributed by atoms with van der Waals surface area (Å²) in [6.45, 7) is 4.42. The zero-order chi connectivity index (χ0) is 13.8. The molecule has 1 aromatic heterocycles. The summed E-state index contributed by atoms with van der Waals surface area (Å²) in [7, 11) is 1.89. The fourth-order valence-electron chi connectivity index (χ4n) is 2.24. The highest BCUT2D eigenvalue weighted by atomic mass is 16.3.